The molecule has 1 aliphatic heterocycles. The molecule has 5 heteroatoms. The SMILES string of the molecule is C/C=C/CCCCCCCOC[C@H](O)[C@H]1OC[C@@H](O)[C@H]1O. The zero-order valence-corrected chi connectivity index (χ0v) is 13.0. The normalized spacial score (nSPS) is 27.5. The summed E-state index contributed by atoms with van der Waals surface area (Å²) in [7, 11) is 0. The first-order valence-corrected chi connectivity index (χ1v) is 8.01. The first-order valence-electron chi connectivity index (χ1n) is 8.01. The first kappa shape index (κ1) is 18.6. The van der Waals surface area contributed by atoms with Crippen LogP contribution in [0.15, 0.2) is 12.2 Å². The van der Waals surface area contributed by atoms with Gasteiger partial charge in [0.15, 0.2) is 0 Å². The molecule has 0 aliphatic carbocycles. The molecule has 21 heavy (non-hydrogen) atoms. The van der Waals surface area contributed by atoms with Gasteiger partial charge in [-0.1, -0.05) is 31.4 Å². The van der Waals surface area contributed by atoms with E-state index in [0.29, 0.717) is 6.61 Å². The van der Waals surface area contributed by atoms with E-state index in [1.807, 2.05) is 6.92 Å². The summed E-state index contributed by atoms with van der Waals surface area (Å²) in [5.41, 5.74) is 0. The summed E-state index contributed by atoms with van der Waals surface area (Å²) in [5.74, 6) is 0. The van der Waals surface area contributed by atoms with Crippen molar-refractivity contribution >= 4 is 0 Å². The van der Waals surface area contributed by atoms with Gasteiger partial charge in [-0.2, -0.15) is 0 Å². The third-order valence-corrected chi connectivity index (χ3v) is 3.75. The van der Waals surface area contributed by atoms with E-state index >= 15 is 0 Å². The maximum Gasteiger partial charge on any atom is 0.114 e. The van der Waals surface area contributed by atoms with Crippen molar-refractivity contribution in [1.29, 1.82) is 0 Å². The van der Waals surface area contributed by atoms with Crippen molar-refractivity contribution in [2.24, 2.45) is 0 Å². The quantitative estimate of drug-likeness (QED) is 0.397. The Labute approximate surface area is 127 Å². The Balaban J connectivity index is 1.92. The number of hydrogen-bond acceptors (Lipinski definition) is 5. The molecule has 0 aromatic heterocycles. The molecule has 1 saturated heterocycles. The summed E-state index contributed by atoms with van der Waals surface area (Å²) in [4.78, 5) is 0. The van der Waals surface area contributed by atoms with Crippen molar-refractivity contribution in [1.82, 2.24) is 0 Å². The third kappa shape index (κ3) is 7.38. The fraction of sp³-hybridized carbons (Fsp3) is 0.875. The summed E-state index contributed by atoms with van der Waals surface area (Å²) < 4.78 is 10.5. The summed E-state index contributed by atoms with van der Waals surface area (Å²) in [6.45, 7) is 2.85. The number of hydrogen-bond donors (Lipinski definition) is 3. The van der Waals surface area contributed by atoms with Gasteiger partial charge in [0.1, 0.15) is 24.4 Å². The number of aliphatic hydroxyl groups is 3. The zero-order chi connectivity index (χ0) is 15.5. The topological polar surface area (TPSA) is 79.2 Å². The number of unbranched alkanes of at least 4 members (excludes halogenated alkanes) is 5. The smallest absolute Gasteiger partial charge is 0.114 e. The van der Waals surface area contributed by atoms with Gasteiger partial charge in [-0.05, 0) is 26.2 Å². The summed E-state index contributed by atoms with van der Waals surface area (Å²) in [5, 5.41) is 28.8. The van der Waals surface area contributed by atoms with E-state index in [9.17, 15) is 15.3 Å². The lowest BCUT2D eigenvalue weighted by Crippen LogP contribution is -2.40. The van der Waals surface area contributed by atoms with Gasteiger partial charge in [0.2, 0.25) is 0 Å². The van der Waals surface area contributed by atoms with Crippen LogP contribution in [0.1, 0.15) is 45.4 Å². The van der Waals surface area contributed by atoms with E-state index in [4.69, 9.17) is 9.47 Å². The fourth-order valence-corrected chi connectivity index (χ4v) is 2.43. The van der Waals surface area contributed by atoms with Gasteiger partial charge >= 0.3 is 0 Å². The molecule has 0 aromatic rings. The molecule has 0 saturated carbocycles. The highest BCUT2D eigenvalue weighted by molar-refractivity contribution is 4.87. The van der Waals surface area contributed by atoms with Crippen LogP contribution in [-0.2, 0) is 9.47 Å². The van der Waals surface area contributed by atoms with Crippen LogP contribution in [0.4, 0.5) is 0 Å². The lowest BCUT2D eigenvalue weighted by molar-refractivity contribution is -0.0813. The van der Waals surface area contributed by atoms with Crippen molar-refractivity contribution in [3.05, 3.63) is 12.2 Å². The number of allylic oxidation sites excluding steroid dienone is 2. The molecule has 0 aromatic carbocycles. The van der Waals surface area contributed by atoms with Crippen molar-refractivity contribution in [2.45, 2.75) is 69.9 Å². The van der Waals surface area contributed by atoms with Gasteiger partial charge in [-0.15, -0.1) is 0 Å². The van der Waals surface area contributed by atoms with Crippen LogP contribution >= 0.6 is 0 Å². The van der Waals surface area contributed by atoms with Gasteiger partial charge in [-0.25, -0.2) is 0 Å². The van der Waals surface area contributed by atoms with Crippen molar-refractivity contribution in [3.63, 3.8) is 0 Å². The van der Waals surface area contributed by atoms with Crippen LogP contribution in [0.5, 0.6) is 0 Å². The maximum atomic E-state index is 9.83. The molecule has 0 bridgehead atoms. The Kier molecular flexibility index (Phi) is 9.87. The molecular formula is C16H30O5. The van der Waals surface area contributed by atoms with E-state index < -0.39 is 24.4 Å². The van der Waals surface area contributed by atoms with E-state index in [0.717, 1.165) is 19.3 Å². The summed E-state index contributed by atoms with van der Waals surface area (Å²) in [6.07, 6.45) is 7.67. The molecule has 1 heterocycles. The van der Waals surface area contributed by atoms with E-state index in [1.165, 1.54) is 19.3 Å². The average Bonchev–Trinajstić information content (AvgIpc) is 2.81. The van der Waals surface area contributed by atoms with Crippen LogP contribution in [0.25, 0.3) is 0 Å². The molecule has 1 rings (SSSR count). The molecule has 1 fully saturated rings. The Morgan fingerprint density at radius 3 is 2.57 bits per heavy atom. The fourth-order valence-electron chi connectivity index (χ4n) is 2.43. The average molecular weight is 302 g/mol. The van der Waals surface area contributed by atoms with Crippen LogP contribution in [0.2, 0.25) is 0 Å². The Morgan fingerprint density at radius 2 is 1.90 bits per heavy atom. The number of ether oxygens (including phenoxy) is 2. The van der Waals surface area contributed by atoms with E-state index in [2.05, 4.69) is 12.2 Å². The Bertz CT molecular complexity index is 282. The van der Waals surface area contributed by atoms with Gasteiger partial charge in [0, 0.05) is 6.61 Å². The maximum absolute atomic E-state index is 9.83. The molecule has 0 amide bonds. The molecule has 0 unspecified atom stereocenters. The highest BCUT2D eigenvalue weighted by atomic mass is 16.5. The molecule has 0 spiro atoms. The summed E-state index contributed by atoms with van der Waals surface area (Å²) >= 11 is 0. The van der Waals surface area contributed by atoms with Gasteiger partial charge in [-0.3, -0.25) is 0 Å². The van der Waals surface area contributed by atoms with Crippen LogP contribution in [0.3, 0.4) is 0 Å². The van der Waals surface area contributed by atoms with Crippen LogP contribution in [0, 0.1) is 0 Å². The van der Waals surface area contributed by atoms with Gasteiger partial charge in [0.25, 0.3) is 0 Å². The second-order valence-corrected chi connectivity index (χ2v) is 5.62. The monoisotopic (exact) mass is 302 g/mol. The molecule has 0 radical (unpaired) electrons. The molecule has 124 valence electrons. The van der Waals surface area contributed by atoms with E-state index in [-0.39, 0.29) is 13.2 Å². The van der Waals surface area contributed by atoms with Gasteiger partial charge < -0.3 is 24.8 Å². The second-order valence-electron chi connectivity index (χ2n) is 5.62. The number of rotatable bonds is 11. The lowest BCUT2D eigenvalue weighted by atomic mass is 10.1. The Morgan fingerprint density at radius 1 is 1.19 bits per heavy atom. The minimum Gasteiger partial charge on any atom is -0.388 e. The van der Waals surface area contributed by atoms with Crippen LogP contribution < -0.4 is 0 Å². The minimum atomic E-state index is -1.03. The highest BCUT2D eigenvalue weighted by Gasteiger charge is 2.39. The van der Waals surface area contributed by atoms with Crippen LogP contribution in [-0.4, -0.2) is 59.6 Å². The second kappa shape index (κ2) is 11.2. The third-order valence-electron chi connectivity index (χ3n) is 3.75. The molecule has 1 aliphatic rings. The predicted octanol–water partition coefficient (Wildman–Crippen LogP) is 1.40. The predicted molar refractivity (Wildman–Crippen MR) is 81.1 cm³/mol. The van der Waals surface area contributed by atoms with Crippen molar-refractivity contribution < 1.29 is 24.8 Å². The van der Waals surface area contributed by atoms with E-state index in [1.54, 1.807) is 0 Å². The molecule has 4 atom stereocenters. The molecular weight excluding hydrogens is 272 g/mol. The Hall–Kier alpha value is -0.460. The standard InChI is InChI=1S/C16H30O5/c1-2-3-4-5-6-7-8-9-10-20-11-14(18)16-15(19)13(17)12-21-16/h2-3,13-19H,4-12H2,1H3/b3-2+/t13-,14+,15-,16-/m1/s1. The molecule has 5 nitrogen and oxygen atoms in total. The largest absolute Gasteiger partial charge is 0.388 e. The van der Waals surface area contributed by atoms with Gasteiger partial charge in [0.05, 0.1) is 13.2 Å². The lowest BCUT2D eigenvalue weighted by Gasteiger charge is -2.20. The zero-order valence-electron chi connectivity index (χ0n) is 13.0. The van der Waals surface area contributed by atoms with Crippen molar-refractivity contribution in [3.8, 4) is 0 Å². The summed E-state index contributed by atoms with van der Waals surface area (Å²) in [6, 6.07) is 0. The highest BCUT2D eigenvalue weighted by Crippen LogP contribution is 2.17. The first-order chi connectivity index (χ1) is 10.2. The van der Waals surface area contributed by atoms with Crippen molar-refractivity contribution in [2.75, 3.05) is 19.8 Å². The minimum absolute atomic E-state index is 0.0656. The molecule has 3 N–H and O–H groups in total. The number of aliphatic hydroxyl groups excluding tert-OH is 3.